The number of aromatic nitrogens is 4. The summed E-state index contributed by atoms with van der Waals surface area (Å²) in [5.41, 5.74) is 6.76. The van der Waals surface area contributed by atoms with Gasteiger partial charge < -0.3 is 20.9 Å². The fraction of sp³-hybridized carbons (Fsp3) is 0.400. The molecule has 96 valence electrons. The molecule has 2 rings (SSSR count). The van der Waals surface area contributed by atoms with Crippen LogP contribution in [0, 0.1) is 0 Å². The van der Waals surface area contributed by atoms with E-state index in [1.807, 2.05) is 0 Å². The fourth-order valence-electron chi connectivity index (χ4n) is 1.49. The van der Waals surface area contributed by atoms with Crippen LogP contribution < -0.4 is 11.1 Å². The van der Waals surface area contributed by atoms with Crippen LogP contribution in [0.25, 0.3) is 11.2 Å². The van der Waals surface area contributed by atoms with Crippen molar-refractivity contribution in [2.45, 2.75) is 6.42 Å². The Morgan fingerprint density at radius 3 is 3.00 bits per heavy atom. The zero-order valence-corrected chi connectivity index (χ0v) is 10.3. The van der Waals surface area contributed by atoms with Crippen molar-refractivity contribution in [3.05, 3.63) is 6.33 Å². The highest BCUT2D eigenvalue weighted by Gasteiger charge is 2.09. The smallest absolute Gasteiger partial charge is 0.224 e. The molecule has 0 spiro atoms. The Balaban J connectivity index is 2.07. The monoisotopic (exact) mass is 249 g/mol. The molecule has 8 heteroatoms. The molecular formula is C10H15N7O. The lowest BCUT2D eigenvalue weighted by Gasteiger charge is -2.11. The molecule has 0 aliphatic carbocycles. The van der Waals surface area contributed by atoms with Gasteiger partial charge in [-0.3, -0.25) is 4.79 Å². The quantitative estimate of drug-likeness (QED) is 0.693. The van der Waals surface area contributed by atoms with Gasteiger partial charge >= 0.3 is 0 Å². The van der Waals surface area contributed by atoms with Gasteiger partial charge in [-0.1, -0.05) is 0 Å². The van der Waals surface area contributed by atoms with E-state index in [4.69, 9.17) is 5.73 Å². The number of H-pyrrole nitrogens is 1. The van der Waals surface area contributed by atoms with Gasteiger partial charge in [0.15, 0.2) is 11.5 Å². The van der Waals surface area contributed by atoms with E-state index in [0.717, 1.165) is 0 Å². The molecule has 0 radical (unpaired) electrons. The zero-order valence-electron chi connectivity index (χ0n) is 10.3. The first-order valence-electron chi connectivity index (χ1n) is 5.48. The summed E-state index contributed by atoms with van der Waals surface area (Å²) in [5.74, 6) is 0.753. The van der Waals surface area contributed by atoms with E-state index in [0.29, 0.717) is 29.9 Å². The molecule has 2 heterocycles. The number of nitrogens with one attached hydrogen (secondary N) is 2. The first-order chi connectivity index (χ1) is 8.58. The molecule has 0 aromatic carbocycles. The fourth-order valence-corrected chi connectivity index (χ4v) is 1.49. The Bertz CT molecular complexity index is 562. The first-order valence-corrected chi connectivity index (χ1v) is 5.48. The van der Waals surface area contributed by atoms with E-state index in [1.165, 1.54) is 6.33 Å². The van der Waals surface area contributed by atoms with E-state index in [1.54, 1.807) is 19.0 Å². The molecule has 1 amide bonds. The normalized spacial score (nSPS) is 10.6. The Morgan fingerprint density at radius 1 is 1.50 bits per heavy atom. The Labute approximate surface area is 104 Å². The highest BCUT2D eigenvalue weighted by atomic mass is 16.2. The Kier molecular flexibility index (Phi) is 3.26. The van der Waals surface area contributed by atoms with Crippen LogP contribution in [0.1, 0.15) is 6.42 Å². The second kappa shape index (κ2) is 4.86. The lowest BCUT2D eigenvalue weighted by molar-refractivity contribution is -0.128. The van der Waals surface area contributed by atoms with Crippen molar-refractivity contribution in [2.24, 2.45) is 0 Å². The summed E-state index contributed by atoms with van der Waals surface area (Å²) in [7, 11) is 3.44. The van der Waals surface area contributed by atoms with Gasteiger partial charge in [0.1, 0.15) is 5.52 Å². The van der Waals surface area contributed by atoms with Gasteiger partial charge in [-0.2, -0.15) is 9.97 Å². The predicted octanol–water partition coefficient (Wildman–Crippen LogP) is -0.175. The number of rotatable bonds is 4. The van der Waals surface area contributed by atoms with Crippen LogP contribution in [0.15, 0.2) is 6.33 Å². The Morgan fingerprint density at radius 2 is 2.28 bits per heavy atom. The van der Waals surface area contributed by atoms with E-state index in [-0.39, 0.29) is 11.9 Å². The van der Waals surface area contributed by atoms with Crippen LogP contribution in [-0.2, 0) is 4.79 Å². The van der Waals surface area contributed by atoms with Crippen LogP contribution in [-0.4, -0.2) is 51.4 Å². The third kappa shape index (κ3) is 2.47. The standard InChI is InChI=1S/C10H15N7O/c1-17(2)6(18)3-4-12-8-7-9(14-5-13-7)16-10(11)15-8/h5H,3-4H2,1-2H3,(H4,11,12,13,14,15,16). The average Bonchev–Trinajstić information content (AvgIpc) is 2.76. The first kappa shape index (κ1) is 12.1. The lowest BCUT2D eigenvalue weighted by atomic mass is 10.3. The lowest BCUT2D eigenvalue weighted by Crippen LogP contribution is -2.24. The summed E-state index contributed by atoms with van der Waals surface area (Å²) >= 11 is 0. The molecule has 0 bridgehead atoms. The second-order valence-corrected chi connectivity index (χ2v) is 4.00. The number of imidazole rings is 1. The minimum absolute atomic E-state index is 0.0467. The number of fused-ring (bicyclic) bond motifs is 1. The van der Waals surface area contributed by atoms with Gasteiger partial charge in [-0.05, 0) is 0 Å². The molecule has 4 N–H and O–H groups in total. The maximum atomic E-state index is 11.4. The van der Waals surface area contributed by atoms with Gasteiger partial charge in [0.2, 0.25) is 11.9 Å². The van der Waals surface area contributed by atoms with E-state index in [2.05, 4.69) is 25.3 Å². The number of nitrogen functional groups attached to an aromatic ring is 1. The van der Waals surface area contributed by atoms with Crippen molar-refractivity contribution >= 4 is 28.8 Å². The number of nitrogens with zero attached hydrogens (tertiary/aromatic N) is 4. The number of aromatic amines is 1. The van der Waals surface area contributed by atoms with Crippen molar-refractivity contribution in [1.29, 1.82) is 0 Å². The summed E-state index contributed by atoms with van der Waals surface area (Å²) in [6, 6.07) is 0. The maximum Gasteiger partial charge on any atom is 0.224 e. The predicted molar refractivity (Wildman–Crippen MR) is 67.9 cm³/mol. The summed E-state index contributed by atoms with van der Waals surface area (Å²) in [6.45, 7) is 0.474. The van der Waals surface area contributed by atoms with Crippen LogP contribution in [0.3, 0.4) is 0 Å². The molecule has 2 aromatic heterocycles. The molecule has 18 heavy (non-hydrogen) atoms. The van der Waals surface area contributed by atoms with Crippen LogP contribution in [0.5, 0.6) is 0 Å². The minimum atomic E-state index is 0.0467. The third-order valence-corrected chi connectivity index (χ3v) is 2.43. The van der Waals surface area contributed by atoms with E-state index < -0.39 is 0 Å². The molecule has 2 aromatic rings. The number of anilines is 2. The van der Waals surface area contributed by atoms with E-state index >= 15 is 0 Å². The minimum Gasteiger partial charge on any atom is -0.368 e. The Hall–Kier alpha value is -2.38. The zero-order chi connectivity index (χ0) is 13.1. The molecule has 0 saturated carbocycles. The molecule has 8 nitrogen and oxygen atoms in total. The van der Waals surface area contributed by atoms with Gasteiger partial charge in [-0.15, -0.1) is 0 Å². The van der Waals surface area contributed by atoms with Crippen molar-refractivity contribution in [1.82, 2.24) is 24.8 Å². The highest BCUT2D eigenvalue weighted by molar-refractivity contribution is 5.83. The maximum absolute atomic E-state index is 11.4. The number of hydrogen-bond donors (Lipinski definition) is 3. The average molecular weight is 249 g/mol. The largest absolute Gasteiger partial charge is 0.368 e. The molecule has 0 atom stereocenters. The third-order valence-electron chi connectivity index (χ3n) is 2.43. The number of carbonyl (C=O) groups excluding carboxylic acids is 1. The van der Waals surface area contributed by atoms with Crippen molar-refractivity contribution in [3.8, 4) is 0 Å². The van der Waals surface area contributed by atoms with Crippen LogP contribution in [0.4, 0.5) is 11.8 Å². The highest BCUT2D eigenvalue weighted by Crippen LogP contribution is 2.16. The van der Waals surface area contributed by atoms with E-state index in [9.17, 15) is 4.79 Å². The molecule has 0 fully saturated rings. The van der Waals surface area contributed by atoms with Crippen molar-refractivity contribution in [2.75, 3.05) is 31.7 Å². The summed E-state index contributed by atoms with van der Waals surface area (Å²) in [5, 5.41) is 3.05. The van der Waals surface area contributed by atoms with Crippen LogP contribution >= 0.6 is 0 Å². The molecule has 0 aliphatic rings. The summed E-state index contributed by atoms with van der Waals surface area (Å²) in [4.78, 5) is 28.0. The molecular weight excluding hydrogens is 234 g/mol. The van der Waals surface area contributed by atoms with Crippen molar-refractivity contribution < 1.29 is 4.79 Å². The van der Waals surface area contributed by atoms with Gasteiger partial charge in [0.05, 0.1) is 6.33 Å². The summed E-state index contributed by atoms with van der Waals surface area (Å²) < 4.78 is 0. The molecule has 0 saturated heterocycles. The number of carbonyl (C=O) groups is 1. The number of hydrogen-bond acceptors (Lipinski definition) is 6. The number of amides is 1. The topological polar surface area (TPSA) is 113 Å². The van der Waals surface area contributed by atoms with Gasteiger partial charge in [0.25, 0.3) is 0 Å². The molecule has 0 aliphatic heterocycles. The number of nitrogens with two attached hydrogens (primary N) is 1. The van der Waals surface area contributed by atoms with Gasteiger partial charge in [0, 0.05) is 27.1 Å². The van der Waals surface area contributed by atoms with Gasteiger partial charge in [-0.25, -0.2) is 4.98 Å². The van der Waals surface area contributed by atoms with Crippen molar-refractivity contribution in [3.63, 3.8) is 0 Å². The SMILES string of the molecule is CN(C)C(=O)CCNc1nc(N)nc2nc[nH]c12. The van der Waals surface area contributed by atoms with Crippen LogP contribution in [0.2, 0.25) is 0 Å². The summed E-state index contributed by atoms with van der Waals surface area (Å²) in [6.07, 6.45) is 1.90. The molecule has 0 unspecified atom stereocenters. The second-order valence-electron chi connectivity index (χ2n) is 4.00.